The smallest absolute Gasteiger partial charge is 0.267 e. The number of anilines is 1. The molecule has 1 amide bonds. The van der Waals surface area contributed by atoms with Crippen LogP contribution < -0.4 is 10.9 Å². The van der Waals surface area contributed by atoms with Gasteiger partial charge in [0.1, 0.15) is 4.88 Å². The molecule has 7 heteroatoms. The van der Waals surface area contributed by atoms with Crippen LogP contribution in [0.25, 0.3) is 0 Å². The summed E-state index contributed by atoms with van der Waals surface area (Å²) in [6, 6.07) is 10.4. The molecule has 2 aromatic heterocycles. The van der Waals surface area contributed by atoms with E-state index in [1.165, 1.54) is 22.0 Å². The fraction of sp³-hybridized carbons (Fsp3) is 0.167. The first kappa shape index (κ1) is 17.4. The van der Waals surface area contributed by atoms with E-state index >= 15 is 0 Å². The molecule has 0 spiro atoms. The van der Waals surface area contributed by atoms with Crippen molar-refractivity contribution in [1.29, 1.82) is 0 Å². The highest BCUT2D eigenvalue weighted by Gasteiger charge is 2.11. The van der Waals surface area contributed by atoms with Crippen LogP contribution in [0.2, 0.25) is 5.02 Å². The Kier molecular flexibility index (Phi) is 5.31. The van der Waals surface area contributed by atoms with Gasteiger partial charge in [-0.3, -0.25) is 9.59 Å². The lowest BCUT2D eigenvalue weighted by Gasteiger charge is -2.10. The van der Waals surface area contributed by atoms with Crippen LogP contribution in [-0.4, -0.2) is 15.5 Å². The standard InChI is InChI=1S/C18H16ClN3O2S/c1-2-16-20-9-15(25-16)18(24)21-13-7-8-17(23)22(11-13)10-12-5-3-4-6-14(12)19/h3-9,11H,2,10H2,1H3,(H,21,24). The average Bonchev–Trinajstić information content (AvgIpc) is 3.09. The molecular weight excluding hydrogens is 358 g/mol. The largest absolute Gasteiger partial charge is 0.320 e. The Morgan fingerprint density at radius 2 is 2.08 bits per heavy atom. The highest BCUT2D eigenvalue weighted by atomic mass is 35.5. The second kappa shape index (κ2) is 7.63. The van der Waals surface area contributed by atoms with Gasteiger partial charge in [0.15, 0.2) is 0 Å². The summed E-state index contributed by atoms with van der Waals surface area (Å²) in [5.41, 5.74) is 1.22. The molecule has 128 valence electrons. The van der Waals surface area contributed by atoms with Crippen LogP contribution in [0.5, 0.6) is 0 Å². The monoisotopic (exact) mass is 373 g/mol. The van der Waals surface area contributed by atoms with Crippen LogP contribution in [0.3, 0.4) is 0 Å². The number of nitrogens with one attached hydrogen (secondary N) is 1. The van der Waals surface area contributed by atoms with Gasteiger partial charge in [-0.1, -0.05) is 36.7 Å². The number of hydrogen-bond donors (Lipinski definition) is 1. The van der Waals surface area contributed by atoms with Gasteiger partial charge < -0.3 is 9.88 Å². The van der Waals surface area contributed by atoms with E-state index in [1.54, 1.807) is 24.5 Å². The maximum absolute atomic E-state index is 12.3. The van der Waals surface area contributed by atoms with Crippen molar-refractivity contribution in [3.8, 4) is 0 Å². The van der Waals surface area contributed by atoms with E-state index in [2.05, 4.69) is 10.3 Å². The quantitative estimate of drug-likeness (QED) is 0.739. The van der Waals surface area contributed by atoms with E-state index in [0.29, 0.717) is 22.1 Å². The molecule has 0 fully saturated rings. The molecule has 1 N–H and O–H groups in total. The molecule has 0 bridgehead atoms. The number of pyridine rings is 1. The summed E-state index contributed by atoms with van der Waals surface area (Å²) >= 11 is 7.52. The number of rotatable bonds is 5. The molecule has 25 heavy (non-hydrogen) atoms. The molecule has 0 aliphatic carbocycles. The van der Waals surface area contributed by atoms with E-state index in [-0.39, 0.29) is 11.5 Å². The molecule has 3 aromatic rings. The number of aryl methyl sites for hydroxylation is 1. The highest BCUT2D eigenvalue weighted by Crippen LogP contribution is 2.17. The van der Waals surface area contributed by atoms with Gasteiger partial charge in [-0.05, 0) is 24.1 Å². The van der Waals surface area contributed by atoms with Gasteiger partial charge in [-0.25, -0.2) is 4.98 Å². The average molecular weight is 374 g/mol. The minimum atomic E-state index is -0.236. The SMILES string of the molecule is CCc1ncc(C(=O)Nc2ccc(=O)n(Cc3ccccc3Cl)c2)s1. The topological polar surface area (TPSA) is 64.0 Å². The summed E-state index contributed by atoms with van der Waals surface area (Å²) in [6.45, 7) is 2.33. The summed E-state index contributed by atoms with van der Waals surface area (Å²) in [4.78, 5) is 29.1. The number of benzene rings is 1. The summed E-state index contributed by atoms with van der Waals surface area (Å²) in [6.07, 6.45) is 3.98. The Morgan fingerprint density at radius 3 is 2.80 bits per heavy atom. The number of halogens is 1. The first-order valence-corrected chi connectivity index (χ1v) is 8.96. The summed E-state index contributed by atoms with van der Waals surface area (Å²) < 4.78 is 1.51. The van der Waals surface area contributed by atoms with Gasteiger partial charge in [0.05, 0.1) is 23.4 Å². The lowest BCUT2D eigenvalue weighted by molar-refractivity contribution is 0.103. The van der Waals surface area contributed by atoms with Crippen molar-refractivity contribution in [2.24, 2.45) is 0 Å². The van der Waals surface area contributed by atoms with Crippen LogP contribution in [0.1, 0.15) is 27.2 Å². The van der Waals surface area contributed by atoms with Crippen molar-refractivity contribution in [2.75, 3.05) is 5.32 Å². The predicted molar refractivity (Wildman–Crippen MR) is 101 cm³/mol. The normalized spacial score (nSPS) is 10.6. The number of carbonyl (C=O) groups is 1. The van der Waals surface area contributed by atoms with Gasteiger partial charge in [0.2, 0.25) is 0 Å². The molecule has 0 unspecified atom stereocenters. The Bertz CT molecular complexity index is 965. The van der Waals surface area contributed by atoms with Crippen molar-refractivity contribution < 1.29 is 4.79 Å². The van der Waals surface area contributed by atoms with Crippen LogP contribution in [0, 0.1) is 0 Å². The van der Waals surface area contributed by atoms with Crippen LogP contribution in [0.15, 0.2) is 53.6 Å². The lowest BCUT2D eigenvalue weighted by Crippen LogP contribution is -2.21. The molecule has 0 radical (unpaired) electrons. The Balaban J connectivity index is 1.80. The predicted octanol–water partition coefficient (Wildman–Crippen LogP) is 3.82. The Labute approximate surface area is 153 Å². The van der Waals surface area contributed by atoms with Gasteiger partial charge in [0, 0.05) is 17.3 Å². The van der Waals surface area contributed by atoms with E-state index in [4.69, 9.17) is 11.6 Å². The van der Waals surface area contributed by atoms with Crippen molar-refractivity contribution in [3.05, 3.63) is 79.6 Å². The Hall–Kier alpha value is -2.44. The van der Waals surface area contributed by atoms with Gasteiger partial charge in [-0.15, -0.1) is 11.3 Å². The molecular formula is C18H16ClN3O2S. The first-order valence-electron chi connectivity index (χ1n) is 7.76. The van der Waals surface area contributed by atoms with Crippen molar-refractivity contribution >= 4 is 34.5 Å². The van der Waals surface area contributed by atoms with Crippen molar-refractivity contribution in [2.45, 2.75) is 19.9 Å². The lowest BCUT2D eigenvalue weighted by atomic mass is 10.2. The molecule has 0 aliphatic heterocycles. The molecule has 0 atom stereocenters. The zero-order valence-electron chi connectivity index (χ0n) is 13.5. The number of thiazole rings is 1. The van der Waals surface area contributed by atoms with Crippen molar-refractivity contribution in [1.82, 2.24) is 9.55 Å². The van der Waals surface area contributed by atoms with Crippen LogP contribution in [0.4, 0.5) is 5.69 Å². The number of hydrogen-bond acceptors (Lipinski definition) is 4. The minimum absolute atomic E-state index is 0.163. The third-order valence-electron chi connectivity index (χ3n) is 3.62. The minimum Gasteiger partial charge on any atom is -0.320 e. The van der Waals surface area contributed by atoms with E-state index < -0.39 is 0 Å². The van der Waals surface area contributed by atoms with E-state index in [1.807, 2.05) is 25.1 Å². The van der Waals surface area contributed by atoms with E-state index in [9.17, 15) is 9.59 Å². The maximum Gasteiger partial charge on any atom is 0.267 e. The fourth-order valence-corrected chi connectivity index (χ4v) is 3.26. The number of carbonyl (C=O) groups excluding carboxylic acids is 1. The summed E-state index contributed by atoms with van der Waals surface area (Å²) in [5, 5.41) is 4.31. The Morgan fingerprint density at radius 1 is 1.28 bits per heavy atom. The fourth-order valence-electron chi connectivity index (χ4n) is 2.31. The summed E-state index contributed by atoms with van der Waals surface area (Å²) in [7, 11) is 0. The molecule has 0 saturated heterocycles. The second-order valence-electron chi connectivity index (χ2n) is 5.40. The van der Waals surface area contributed by atoms with Crippen LogP contribution >= 0.6 is 22.9 Å². The first-order chi connectivity index (χ1) is 12.1. The molecule has 2 heterocycles. The van der Waals surface area contributed by atoms with Gasteiger partial charge in [-0.2, -0.15) is 0 Å². The second-order valence-corrected chi connectivity index (χ2v) is 6.92. The molecule has 0 aliphatic rings. The maximum atomic E-state index is 12.3. The number of aromatic nitrogens is 2. The van der Waals surface area contributed by atoms with Gasteiger partial charge >= 0.3 is 0 Å². The van der Waals surface area contributed by atoms with Crippen LogP contribution in [-0.2, 0) is 13.0 Å². The molecule has 0 saturated carbocycles. The third-order valence-corrected chi connectivity index (χ3v) is 5.13. The third kappa shape index (κ3) is 4.15. The van der Waals surface area contributed by atoms with E-state index in [0.717, 1.165) is 17.0 Å². The number of nitrogens with zero attached hydrogens (tertiary/aromatic N) is 2. The molecule has 1 aromatic carbocycles. The zero-order chi connectivity index (χ0) is 17.8. The highest BCUT2D eigenvalue weighted by molar-refractivity contribution is 7.13. The number of amides is 1. The zero-order valence-corrected chi connectivity index (χ0v) is 15.1. The summed E-state index contributed by atoms with van der Waals surface area (Å²) in [5.74, 6) is -0.236. The van der Waals surface area contributed by atoms with Gasteiger partial charge in [0.25, 0.3) is 11.5 Å². The van der Waals surface area contributed by atoms with Crippen molar-refractivity contribution in [3.63, 3.8) is 0 Å². The molecule has 5 nitrogen and oxygen atoms in total. The molecule has 3 rings (SSSR count).